The molecule has 0 bridgehead atoms. The summed E-state index contributed by atoms with van der Waals surface area (Å²) in [5.74, 6) is -0.234. The van der Waals surface area contributed by atoms with Crippen LogP contribution in [-0.2, 0) is 6.54 Å². The summed E-state index contributed by atoms with van der Waals surface area (Å²) >= 11 is 0. The van der Waals surface area contributed by atoms with Gasteiger partial charge < -0.3 is 9.88 Å². The first kappa shape index (κ1) is 17.8. The van der Waals surface area contributed by atoms with E-state index in [1.165, 1.54) is 17.0 Å². The summed E-state index contributed by atoms with van der Waals surface area (Å²) in [5.41, 5.74) is 1.76. The molecule has 0 radical (unpaired) electrons. The highest BCUT2D eigenvalue weighted by Crippen LogP contribution is 2.19. The Morgan fingerprint density at radius 1 is 1.11 bits per heavy atom. The minimum absolute atomic E-state index is 0.139. The molecule has 1 amide bonds. The number of aromatic nitrogens is 3. The number of nitrogens with zero attached hydrogens (tertiary/aromatic N) is 3. The van der Waals surface area contributed by atoms with Gasteiger partial charge in [-0.15, -0.1) is 0 Å². The van der Waals surface area contributed by atoms with Crippen molar-refractivity contribution in [3.05, 3.63) is 81.8 Å². The number of aromatic amines is 1. The average Bonchev–Trinajstić information content (AvgIpc) is 2.67. The van der Waals surface area contributed by atoms with Crippen LogP contribution in [0.25, 0.3) is 21.8 Å². The van der Waals surface area contributed by atoms with Gasteiger partial charge in [0.15, 0.2) is 0 Å². The third-order valence-electron chi connectivity index (χ3n) is 4.60. The van der Waals surface area contributed by atoms with Crippen molar-refractivity contribution < 1.29 is 9.18 Å². The molecule has 1 N–H and O–H groups in total. The molecule has 0 saturated heterocycles. The molecule has 140 valence electrons. The number of nitrogens with one attached hydrogen (secondary N) is 1. The number of pyridine rings is 1. The zero-order valence-corrected chi connectivity index (χ0v) is 15.4. The lowest BCUT2D eigenvalue weighted by Crippen LogP contribution is -2.29. The van der Waals surface area contributed by atoms with E-state index < -0.39 is 0 Å². The second-order valence-electron chi connectivity index (χ2n) is 6.65. The third kappa shape index (κ3) is 3.22. The lowest BCUT2D eigenvalue weighted by molar-refractivity contribution is 0.0780. The Kier molecular flexibility index (Phi) is 4.35. The van der Waals surface area contributed by atoms with Gasteiger partial charge in [-0.05, 0) is 37.3 Å². The van der Waals surface area contributed by atoms with E-state index in [-0.39, 0.29) is 23.8 Å². The number of halogens is 1. The molecule has 0 aliphatic heterocycles. The Morgan fingerprint density at radius 3 is 2.71 bits per heavy atom. The number of aryl methyl sites for hydroxylation is 1. The van der Waals surface area contributed by atoms with Crippen molar-refractivity contribution in [1.29, 1.82) is 0 Å². The summed E-state index contributed by atoms with van der Waals surface area (Å²) in [4.78, 5) is 38.1. The van der Waals surface area contributed by atoms with Crippen molar-refractivity contribution in [2.75, 3.05) is 7.05 Å². The van der Waals surface area contributed by atoms with E-state index in [1.54, 1.807) is 50.4 Å². The molecule has 2 heterocycles. The van der Waals surface area contributed by atoms with Gasteiger partial charge in [0.1, 0.15) is 11.6 Å². The summed E-state index contributed by atoms with van der Waals surface area (Å²) in [5, 5.41) is 1.18. The summed E-state index contributed by atoms with van der Waals surface area (Å²) < 4.78 is 13.4. The largest absolute Gasteiger partial charge is 0.334 e. The topological polar surface area (TPSA) is 79.0 Å². The van der Waals surface area contributed by atoms with Crippen LogP contribution in [0.1, 0.15) is 21.9 Å². The van der Waals surface area contributed by atoms with E-state index in [4.69, 9.17) is 0 Å². The predicted molar refractivity (Wildman–Crippen MR) is 105 cm³/mol. The molecule has 0 aliphatic carbocycles. The normalized spacial score (nSPS) is 11.1. The fourth-order valence-electron chi connectivity index (χ4n) is 3.16. The monoisotopic (exact) mass is 376 g/mol. The fourth-order valence-corrected chi connectivity index (χ4v) is 3.16. The number of hydrogen-bond donors (Lipinski definition) is 1. The van der Waals surface area contributed by atoms with Crippen LogP contribution in [-0.4, -0.2) is 32.8 Å². The number of carbonyl (C=O) groups excluding carboxylic acids is 1. The number of para-hydroxylation sites is 1. The second-order valence-corrected chi connectivity index (χ2v) is 6.65. The number of rotatable bonds is 3. The Labute approximate surface area is 159 Å². The molecule has 2 aromatic carbocycles. The van der Waals surface area contributed by atoms with E-state index in [1.807, 2.05) is 0 Å². The Balaban J connectivity index is 1.65. The molecular weight excluding hydrogens is 359 g/mol. The lowest BCUT2D eigenvalue weighted by Gasteiger charge is -2.18. The number of H-pyrrole nitrogens is 1. The second kappa shape index (κ2) is 6.84. The Hall–Kier alpha value is -3.61. The standard InChI is InChI=1S/C21H17FN4O2/c1-12-16(9-13-7-8-14(22)10-18(13)23-12)21(28)26(2)11-19-24-17-6-4-3-5-15(17)20(27)25-19/h3-10H,11H2,1-2H3,(H,24,25,27). The minimum atomic E-state index is -0.373. The lowest BCUT2D eigenvalue weighted by atomic mass is 10.1. The van der Waals surface area contributed by atoms with Crippen LogP contribution < -0.4 is 5.56 Å². The maximum atomic E-state index is 13.4. The van der Waals surface area contributed by atoms with Gasteiger partial charge in [-0.25, -0.2) is 9.37 Å². The number of benzene rings is 2. The highest BCUT2D eigenvalue weighted by molar-refractivity contribution is 5.98. The number of carbonyl (C=O) groups is 1. The van der Waals surface area contributed by atoms with E-state index in [9.17, 15) is 14.0 Å². The van der Waals surface area contributed by atoms with E-state index in [0.717, 1.165) is 0 Å². The van der Waals surface area contributed by atoms with Gasteiger partial charge in [-0.3, -0.25) is 14.6 Å². The molecule has 28 heavy (non-hydrogen) atoms. The van der Waals surface area contributed by atoms with Gasteiger partial charge >= 0.3 is 0 Å². The number of hydrogen-bond acceptors (Lipinski definition) is 4. The predicted octanol–water partition coefficient (Wildman–Crippen LogP) is 3.19. The zero-order chi connectivity index (χ0) is 19.8. The van der Waals surface area contributed by atoms with Gasteiger partial charge in [0.2, 0.25) is 0 Å². The highest BCUT2D eigenvalue weighted by Gasteiger charge is 2.18. The van der Waals surface area contributed by atoms with E-state index >= 15 is 0 Å². The van der Waals surface area contributed by atoms with Crippen molar-refractivity contribution in [2.24, 2.45) is 0 Å². The minimum Gasteiger partial charge on any atom is -0.334 e. The van der Waals surface area contributed by atoms with Crippen LogP contribution >= 0.6 is 0 Å². The third-order valence-corrected chi connectivity index (χ3v) is 4.60. The van der Waals surface area contributed by atoms with Crippen LogP contribution in [0.5, 0.6) is 0 Å². The maximum absolute atomic E-state index is 13.4. The van der Waals surface area contributed by atoms with Gasteiger partial charge in [0.05, 0.1) is 34.2 Å². The van der Waals surface area contributed by atoms with Crippen LogP contribution in [0.4, 0.5) is 4.39 Å². The first-order valence-corrected chi connectivity index (χ1v) is 8.72. The summed E-state index contributed by atoms with van der Waals surface area (Å²) in [6.07, 6.45) is 0. The van der Waals surface area contributed by atoms with E-state index in [2.05, 4.69) is 15.0 Å². The zero-order valence-electron chi connectivity index (χ0n) is 15.4. The molecular formula is C21H17FN4O2. The SMILES string of the molecule is Cc1nc2cc(F)ccc2cc1C(=O)N(C)Cc1nc2ccccc2c(=O)[nH]1. The molecule has 7 heteroatoms. The van der Waals surface area contributed by atoms with Gasteiger partial charge in [0, 0.05) is 18.5 Å². The quantitative estimate of drug-likeness (QED) is 0.596. The molecule has 0 saturated carbocycles. The molecule has 0 aliphatic rings. The molecule has 0 spiro atoms. The van der Waals surface area contributed by atoms with Gasteiger partial charge in [-0.1, -0.05) is 12.1 Å². The molecule has 4 rings (SSSR count). The van der Waals surface area contributed by atoms with E-state index in [0.29, 0.717) is 38.9 Å². The molecule has 0 unspecified atom stereocenters. The summed E-state index contributed by atoms with van der Waals surface area (Å²) in [6, 6.07) is 13.0. The summed E-state index contributed by atoms with van der Waals surface area (Å²) in [7, 11) is 1.63. The summed E-state index contributed by atoms with van der Waals surface area (Å²) in [6.45, 7) is 1.85. The van der Waals surface area contributed by atoms with Crippen molar-refractivity contribution in [2.45, 2.75) is 13.5 Å². The first-order valence-electron chi connectivity index (χ1n) is 8.72. The highest BCUT2D eigenvalue weighted by atomic mass is 19.1. The van der Waals surface area contributed by atoms with Crippen LogP contribution in [0.2, 0.25) is 0 Å². The Bertz CT molecular complexity index is 1280. The maximum Gasteiger partial charge on any atom is 0.258 e. The first-order chi connectivity index (χ1) is 13.4. The average molecular weight is 376 g/mol. The number of amides is 1. The molecule has 0 atom stereocenters. The fraction of sp³-hybridized carbons (Fsp3) is 0.143. The molecule has 0 fully saturated rings. The molecule has 4 aromatic rings. The smallest absolute Gasteiger partial charge is 0.258 e. The molecule has 2 aromatic heterocycles. The Morgan fingerprint density at radius 2 is 1.89 bits per heavy atom. The van der Waals surface area contributed by atoms with Crippen molar-refractivity contribution >= 4 is 27.7 Å². The van der Waals surface area contributed by atoms with Crippen molar-refractivity contribution in [3.8, 4) is 0 Å². The van der Waals surface area contributed by atoms with Gasteiger partial charge in [-0.2, -0.15) is 0 Å². The molecule has 6 nitrogen and oxygen atoms in total. The van der Waals surface area contributed by atoms with Gasteiger partial charge in [0.25, 0.3) is 11.5 Å². The van der Waals surface area contributed by atoms with Crippen LogP contribution in [0.15, 0.2) is 53.3 Å². The number of fused-ring (bicyclic) bond motifs is 2. The van der Waals surface area contributed by atoms with Crippen LogP contribution in [0, 0.1) is 12.7 Å². The van der Waals surface area contributed by atoms with Crippen molar-refractivity contribution in [1.82, 2.24) is 19.9 Å². The van der Waals surface area contributed by atoms with Crippen LogP contribution in [0.3, 0.4) is 0 Å². The van der Waals surface area contributed by atoms with Crippen molar-refractivity contribution in [3.63, 3.8) is 0 Å².